The fraction of sp³-hybridized carbons (Fsp3) is 0.450. The van der Waals surface area contributed by atoms with E-state index in [1.54, 1.807) is 17.9 Å². The molecule has 1 aliphatic heterocycles. The number of rotatable bonds is 6. The van der Waals surface area contributed by atoms with Crippen molar-refractivity contribution in [3.05, 3.63) is 47.5 Å². The van der Waals surface area contributed by atoms with Crippen molar-refractivity contribution in [1.82, 2.24) is 14.7 Å². The first-order valence-corrected chi connectivity index (χ1v) is 9.32. The van der Waals surface area contributed by atoms with Gasteiger partial charge in [-0.1, -0.05) is 0 Å². The maximum Gasteiger partial charge on any atom is 0.259 e. The van der Waals surface area contributed by atoms with E-state index in [2.05, 4.69) is 10.4 Å². The molecule has 1 aromatic carbocycles. The van der Waals surface area contributed by atoms with Gasteiger partial charge in [0.15, 0.2) is 0 Å². The molecule has 7 nitrogen and oxygen atoms in total. The van der Waals surface area contributed by atoms with Gasteiger partial charge in [0.25, 0.3) is 5.91 Å². The number of benzene rings is 1. The van der Waals surface area contributed by atoms with Crippen LogP contribution in [0.25, 0.3) is 0 Å². The van der Waals surface area contributed by atoms with Gasteiger partial charge in [0.2, 0.25) is 5.91 Å². The van der Waals surface area contributed by atoms with Crippen molar-refractivity contribution in [2.45, 2.75) is 19.3 Å². The predicted molar refractivity (Wildman–Crippen MR) is 102 cm³/mol. The second kappa shape index (κ2) is 8.97. The third-order valence-corrected chi connectivity index (χ3v) is 4.97. The Bertz CT molecular complexity index is 826. The van der Waals surface area contributed by atoms with Gasteiger partial charge in [0.05, 0.1) is 11.3 Å². The number of carbonyl (C=O) groups excluding carboxylic acids is 2. The molecule has 28 heavy (non-hydrogen) atoms. The van der Waals surface area contributed by atoms with E-state index in [9.17, 15) is 14.0 Å². The Hall–Kier alpha value is -2.74. The molecule has 1 saturated heterocycles. The van der Waals surface area contributed by atoms with Crippen LogP contribution in [0, 0.1) is 11.7 Å². The van der Waals surface area contributed by atoms with Gasteiger partial charge in [-0.25, -0.2) is 4.39 Å². The van der Waals surface area contributed by atoms with Crippen LogP contribution >= 0.6 is 0 Å². The number of halogens is 1. The Morgan fingerprint density at radius 1 is 1.25 bits per heavy atom. The Morgan fingerprint density at radius 2 is 1.93 bits per heavy atom. The molecule has 8 heteroatoms. The van der Waals surface area contributed by atoms with Crippen LogP contribution in [0.1, 0.15) is 28.9 Å². The highest BCUT2D eigenvalue weighted by Crippen LogP contribution is 2.23. The maximum absolute atomic E-state index is 13.0. The van der Waals surface area contributed by atoms with Crippen molar-refractivity contribution in [3.63, 3.8) is 0 Å². The summed E-state index contributed by atoms with van der Waals surface area (Å²) >= 11 is 0. The van der Waals surface area contributed by atoms with Gasteiger partial charge >= 0.3 is 0 Å². The summed E-state index contributed by atoms with van der Waals surface area (Å²) in [4.78, 5) is 26.4. The zero-order chi connectivity index (χ0) is 20.1. The second-order valence-electron chi connectivity index (χ2n) is 7.09. The number of ether oxygens (including phenoxy) is 1. The van der Waals surface area contributed by atoms with Crippen molar-refractivity contribution in [1.29, 1.82) is 0 Å². The van der Waals surface area contributed by atoms with Crippen LogP contribution in [0.2, 0.25) is 0 Å². The minimum atomic E-state index is -0.351. The largest absolute Gasteiger partial charge is 0.375 e. The lowest BCUT2D eigenvalue weighted by molar-refractivity contribution is -0.136. The standard InChI is InChI=1S/C20H25FN4O3/c1-24-12-17(20(27)22-16-5-3-15(21)4-6-16)18(23-24)11-14-7-9-25(10-8-14)19(26)13-28-2/h3-6,12,14H,7-11,13H2,1-2H3,(H,22,27). The molecule has 1 N–H and O–H groups in total. The van der Waals surface area contributed by atoms with Crippen LogP contribution in [-0.4, -0.2) is 53.3 Å². The number of piperidine rings is 1. The summed E-state index contributed by atoms with van der Waals surface area (Å²) in [6, 6.07) is 5.66. The Morgan fingerprint density at radius 3 is 2.57 bits per heavy atom. The average molecular weight is 388 g/mol. The number of aromatic nitrogens is 2. The summed E-state index contributed by atoms with van der Waals surface area (Å²) in [6.07, 6.45) is 4.11. The number of hydrogen-bond donors (Lipinski definition) is 1. The molecular weight excluding hydrogens is 363 g/mol. The van der Waals surface area contributed by atoms with Crippen molar-refractivity contribution < 1.29 is 18.7 Å². The molecule has 1 aromatic heterocycles. The molecule has 1 aliphatic rings. The quantitative estimate of drug-likeness (QED) is 0.823. The number of methoxy groups -OCH3 is 1. The normalized spacial score (nSPS) is 14.9. The Labute approximate surface area is 163 Å². The number of carbonyl (C=O) groups is 2. The molecule has 0 atom stereocenters. The molecule has 2 aromatic rings. The van der Waals surface area contributed by atoms with Crippen molar-refractivity contribution in [2.24, 2.45) is 13.0 Å². The van der Waals surface area contributed by atoms with E-state index in [4.69, 9.17) is 4.74 Å². The molecular formula is C20H25FN4O3. The first-order chi connectivity index (χ1) is 13.5. The predicted octanol–water partition coefficient (Wildman–Crippen LogP) is 2.24. The first kappa shape index (κ1) is 20.0. The van der Waals surface area contributed by atoms with Crippen LogP contribution in [0.4, 0.5) is 10.1 Å². The van der Waals surface area contributed by atoms with Crippen LogP contribution in [0.3, 0.4) is 0 Å². The summed E-state index contributed by atoms with van der Waals surface area (Å²) in [5.74, 6) is -0.241. The van der Waals surface area contributed by atoms with E-state index in [1.165, 1.54) is 31.4 Å². The molecule has 0 bridgehead atoms. The zero-order valence-corrected chi connectivity index (χ0v) is 16.2. The van der Waals surface area contributed by atoms with Crippen molar-refractivity contribution in [3.8, 4) is 0 Å². The van der Waals surface area contributed by atoms with E-state index in [0.717, 1.165) is 18.5 Å². The third kappa shape index (κ3) is 4.95. The van der Waals surface area contributed by atoms with Gasteiger partial charge in [-0.2, -0.15) is 5.10 Å². The summed E-state index contributed by atoms with van der Waals surface area (Å²) in [5, 5.41) is 7.25. The molecule has 1 fully saturated rings. The minimum absolute atomic E-state index is 0.0122. The fourth-order valence-electron chi connectivity index (χ4n) is 3.48. The monoisotopic (exact) mass is 388 g/mol. The number of anilines is 1. The first-order valence-electron chi connectivity index (χ1n) is 9.32. The average Bonchev–Trinajstić information content (AvgIpc) is 3.04. The molecule has 0 radical (unpaired) electrons. The van der Waals surface area contributed by atoms with Crippen LogP contribution in [-0.2, 0) is 23.0 Å². The topological polar surface area (TPSA) is 76.5 Å². The Balaban J connectivity index is 1.62. The lowest BCUT2D eigenvalue weighted by atomic mass is 9.91. The van der Waals surface area contributed by atoms with Gasteiger partial charge in [-0.05, 0) is 49.4 Å². The summed E-state index contributed by atoms with van der Waals surface area (Å²) in [6.45, 7) is 1.49. The number of likely N-dealkylation sites (tertiary alicyclic amines) is 1. The lowest BCUT2D eigenvalue weighted by Gasteiger charge is -2.31. The van der Waals surface area contributed by atoms with E-state index in [-0.39, 0.29) is 24.2 Å². The SMILES string of the molecule is COCC(=O)N1CCC(Cc2nn(C)cc2C(=O)Nc2ccc(F)cc2)CC1. The second-order valence-corrected chi connectivity index (χ2v) is 7.09. The highest BCUT2D eigenvalue weighted by Gasteiger charge is 2.25. The number of nitrogens with one attached hydrogen (secondary N) is 1. The van der Waals surface area contributed by atoms with Crippen LogP contribution < -0.4 is 5.32 Å². The summed E-state index contributed by atoms with van der Waals surface area (Å²) < 4.78 is 19.6. The number of aryl methyl sites for hydroxylation is 1. The van der Waals surface area contributed by atoms with Crippen LogP contribution in [0.5, 0.6) is 0 Å². The highest BCUT2D eigenvalue weighted by atomic mass is 19.1. The van der Waals surface area contributed by atoms with Gasteiger partial charge in [0.1, 0.15) is 12.4 Å². The van der Waals surface area contributed by atoms with Gasteiger partial charge in [0, 0.05) is 39.1 Å². The smallest absolute Gasteiger partial charge is 0.259 e. The summed E-state index contributed by atoms with van der Waals surface area (Å²) in [7, 11) is 3.30. The number of hydrogen-bond acceptors (Lipinski definition) is 4. The van der Waals surface area contributed by atoms with Crippen molar-refractivity contribution in [2.75, 3.05) is 32.1 Å². The zero-order valence-electron chi connectivity index (χ0n) is 16.2. The number of amides is 2. The highest BCUT2D eigenvalue weighted by molar-refractivity contribution is 6.04. The molecule has 0 saturated carbocycles. The molecule has 2 heterocycles. The summed E-state index contributed by atoms with van der Waals surface area (Å²) in [5.41, 5.74) is 1.79. The van der Waals surface area contributed by atoms with E-state index < -0.39 is 0 Å². The molecule has 3 rings (SSSR count). The minimum Gasteiger partial charge on any atom is -0.375 e. The molecule has 2 amide bonds. The molecule has 0 spiro atoms. The van der Waals surface area contributed by atoms with E-state index in [1.807, 2.05) is 4.90 Å². The number of nitrogens with zero attached hydrogens (tertiary/aromatic N) is 3. The third-order valence-electron chi connectivity index (χ3n) is 4.97. The van der Waals surface area contributed by atoms with E-state index in [0.29, 0.717) is 36.7 Å². The maximum atomic E-state index is 13.0. The molecule has 150 valence electrons. The molecule has 0 aliphatic carbocycles. The fourth-order valence-corrected chi connectivity index (χ4v) is 3.48. The lowest BCUT2D eigenvalue weighted by Crippen LogP contribution is -2.40. The van der Waals surface area contributed by atoms with Crippen molar-refractivity contribution >= 4 is 17.5 Å². The van der Waals surface area contributed by atoms with E-state index >= 15 is 0 Å². The van der Waals surface area contributed by atoms with Gasteiger partial charge in [-0.3, -0.25) is 14.3 Å². The van der Waals surface area contributed by atoms with Crippen LogP contribution in [0.15, 0.2) is 30.5 Å². The Kier molecular flexibility index (Phi) is 6.41. The molecule has 0 unspecified atom stereocenters. The van der Waals surface area contributed by atoms with Gasteiger partial charge < -0.3 is 15.0 Å². The van der Waals surface area contributed by atoms with Gasteiger partial charge in [-0.15, -0.1) is 0 Å².